The highest BCUT2D eigenvalue weighted by Gasteiger charge is 2.55. The summed E-state index contributed by atoms with van der Waals surface area (Å²) in [5, 5.41) is 0. The lowest BCUT2D eigenvalue weighted by Crippen LogP contribution is -2.49. The summed E-state index contributed by atoms with van der Waals surface area (Å²) in [6, 6.07) is -3.03. The van der Waals surface area contributed by atoms with Crippen LogP contribution < -0.4 is 0 Å². The van der Waals surface area contributed by atoms with Crippen LogP contribution in [0, 0.1) is 23.7 Å². The molecule has 0 radical (unpaired) electrons. The van der Waals surface area contributed by atoms with E-state index in [1.54, 1.807) is 23.6 Å². The molecule has 2 unspecified atom stereocenters. The molecule has 6 aliphatic rings. The summed E-state index contributed by atoms with van der Waals surface area (Å²) in [5.74, 6) is 0.438. The molecule has 4 saturated carbocycles. The molecule has 0 aromatic carbocycles. The van der Waals surface area contributed by atoms with Crippen LogP contribution in [0.5, 0.6) is 0 Å². The van der Waals surface area contributed by atoms with Crippen molar-refractivity contribution in [3.63, 3.8) is 0 Å². The van der Waals surface area contributed by atoms with Crippen molar-refractivity contribution in [1.82, 2.24) is 19.6 Å². The largest absolute Gasteiger partial charge is 0.466 e. The second-order valence-electron chi connectivity index (χ2n) is 16.9. The third kappa shape index (κ3) is 8.00. The van der Waals surface area contributed by atoms with E-state index in [1.807, 2.05) is 0 Å². The van der Waals surface area contributed by atoms with Gasteiger partial charge in [-0.2, -0.15) is 0 Å². The summed E-state index contributed by atoms with van der Waals surface area (Å²) in [7, 11) is 0. The van der Waals surface area contributed by atoms with Crippen LogP contribution in [-0.4, -0.2) is 105 Å². The highest BCUT2D eigenvalue weighted by atomic mass is 16.5. The van der Waals surface area contributed by atoms with Gasteiger partial charge in [0, 0.05) is 24.2 Å². The number of esters is 2. The van der Waals surface area contributed by atoms with E-state index in [0.29, 0.717) is 23.7 Å². The van der Waals surface area contributed by atoms with Crippen LogP contribution in [-0.2, 0) is 28.7 Å². The predicted octanol–water partition coefficient (Wildman–Crippen LogP) is 6.43. The molecule has 0 N–H and O–H groups in total. The second kappa shape index (κ2) is 16.9. The zero-order chi connectivity index (χ0) is 37.1. The summed E-state index contributed by atoms with van der Waals surface area (Å²) in [5.41, 5.74) is 0. The molecule has 2 heterocycles. The van der Waals surface area contributed by atoms with Crippen molar-refractivity contribution in [1.29, 1.82) is 0 Å². The molecule has 52 heavy (non-hydrogen) atoms. The lowest BCUT2D eigenvalue weighted by Gasteiger charge is -2.40. The minimum absolute atomic E-state index is 0.0794. The Morgan fingerprint density at radius 2 is 0.981 bits per heavy atom. The number of amides is 6. The van der Waals surface area contributed by atoms with Crippen LogP contribution in [0.25, 0.3) is 0 Å². The topological polar surface area (TPSA) is 134 Å². The molecule has 2 atom stereocenters. The fraction of sp³-hybridized carbons (Fsp3) is 0.850. The number of imide groups is 2. The minimum atomic E-state index is -1.19. The van der Waals surface area contributed by atoms with E-state index in [4.69, 9.17) is 9.47 Å². The van der Waals surface area contributed by atoms with E-state index in [9.17, 15) is 28.8 Å². The fourth-order valence-corrected chi connectivity index (χ4v) is 10.5. The lowest BCUT2D eigenvalue weighted by molar-refractivity contribution is -0.153. The third-order valence-corrected chi connectivity index (χ3v) is 13.4. The molecule has 12 heteroatoms. The van der Waals surface area contributed by atoms with Crippen molar-refractivity contribution in [3.8, 4) is 0 Å². The minimum Gasteiger partial charge on any atom is -0.466 e. The molecule has 290 valence electrons. The number of rotatable bonds is 11. The Hall–Kier alpha value is -3.18. The average Bonchev–Trinajstić information content (AvgIpc) is 3.53. The summed E-state index contributed by atoms with van der Waals surface area (Å²) in [6.07, 6.45) is 14.9. The van der Waals surface area contributed by atoms with Crippen molar-refractivity contribution in [2.24, 2.45) is 23.7 Å². The van der Waals surface area contributed by atoms with Gasteiger partial charge < -0.3 is 14.4 Å². The van der Waals surface area contributed by atoms with E-state index in [-0.39, 0.29) is 61.8 Å². The quantitative estimate of drug-likeness (QED) is 0.135. The summed E-state index contributed by atoms with van der Waals surface area (Å²) in [6.45, 7) is 8.29. The number of nitrogens with zero attached hydrogens (tertiary/aromatic N) is 4. The Morgan fingerprint density at radius 3 is 1.46 bits per heavy atom. The van der Waals surface area contributed by atoms with Gasteiger partial charge in [0.2, 0.25) is 6.04 Å². The van der Waals surface area contributed by atoms with E-state index in [2.05, 4.69) is 13.8 Å². The van der Waals surface area contributed by atoms with Crippen molar-refractivity contribution in [2.75, 3.05) is 13.2 Å². The molecule has 6 rings (SSSR count). The normalized spacial score (nSPS) is 36.1. The highest BCUT2D eigenvalue weighted by Crippen LogP contribution is 2.42. The fourth-order valence-electron chi connectivity index (χ4n) is 10.5. The van der Waals surface area contributed by atoms with Gasteiger partial charge in [0.25, 0.3) is 11.8 Å². The van der Waals surface area contributed by atoms with Gasteiger partial charge in [0.1, 0.15) is 6.04 Å². The number of ether oxygens (including phenoxy) is 2. The number of hydrogen-bond acceptors (Lipinski definition) is 8. The number of carbonyl (C=O) groups is 6. The molecular weight excluding hydrogens is 664 g/mol. The van der Waals surface area contributed by atoms with Crippen LogP contribution in [0.2, 0.25) is 0 Å². The molecule has 6 amide bonds. The maximum atomic E-state index is 14.0. The first-order valence-corrected chi connectivity index (χ1v) is 20.6. The van der Waals surface area contributed by atoms with Crippen LogP contribution in [0.3, 0.4) is 0 Å². The lowest BCUT2D eigenvalue weighted by atomic mass is 9.75. The summed E-state index contributed by atoms with van der Waals surface area (Å²) < 4.78 is 10.5. The second-order valence-corrected chi connectivity index (χ2v) is 16.9. The monoisotopic (exact) mass is 726 g/mol. The Kier molecular flexibility index (Phi) is 12.5. The predicted molar refractivity (Wildman–Crippen MR) is 193 cm³/mol. The molecule has 0 bridgehead atoms. The summed E-state index contributed by atoms with van der Waals surface area (Å²) >= 11 is 0. The van der Waals surface area contributed by atoms with E-state index >= 15 is 0 Å². The van der Waals surface area contributed by atoms with Gasteiger partial charge in [-0.05, 0) is 147 Å². The van der Waals surface area contributed by atoms with Crippen molar-refractivity contribution in [2.45, 2.75) is 180 Å². The Bertz CT molecular complexity index is 1320. The molecule has 0 aromatic rings. The van der Waals surface area contributed by atoms with Gasteiger partial charge in [-0.25, -0.2) is 14.4 Å². The van der Waals surface area contributed by atoms with Crippen LogP contribution in [0.15, 0.2) is 0 Å². The smallest absolute Gasteiger partial charge is 0.338 e. The average molecular weight is 727 g/mol. The molecule has 4 aliphatic carbocycles. The molecule has 0 aromatic heterocycles. The Morgan fingerprint density at radius 1 is 0.558 bits per heavy atom. The summed E-state index contributed by atoms with van der Waals surface area (Å²) in [4.78, 5) is 87.1. The van der Waals surface area contributed by atoms with E-state index in [0.717, 1.165) is 109 Å². The van der Waals surface area contributed by atoms with Crippen LogP contribution in [0.1, 0.15) is 143 Å². The molecule has 0 spiro atoms. The standard InChI is InChI=1S/C40H62N4O8/c1-5-51-34(45)24-33-36(46)43(31-15-7-25(3)8-16-31)39(49)41(33)29-19-11-27(12-20-29)23-28-13-21-30(22-14-28)42-35(38(48)52-6-2)37(47)44(40(42)50)32-17-9-26(4)10-18-32/h25-33,35H,5-24H2,1-4H3. The molecule has 2 aliphatic heterocycles. The molecule has 6 fully saturated rings. The van der Waals surface area contributed by atoms with Gasteiger partial charge in [-0.3, -0.25) is 29.1 Å². The highest BCUT2D eigenvalue weighted by molar-refractivity contribution is 6.15. The molecule has 12 nitrogen and oxygen atoms in total. The van der Waals surface area contributed by atoms with Gasteiger partial charge >= 0.3 is 24.0 Å². The third-order valence-electron chi connectivity index (χ3n) is 13.4. The van der Waals surface area contributed by atoms with Gasteiger partial charge in [-0.1, -0.05) is 13.8 Å². The maximum absolute atomic E-state index is 14.0. The molecular formula is C40H62N4O8. The van der Waals surface area contributed by atoms with Gasteiger partial charge in [-0.15, -0.1) is 0 Å². The zero-order valence-corrected chi connectivity index (χ0v) is 32.0. The maximum Gasteiger partial charge on any atom is 0.338 e. The van der Waals surface area contributed by atoms with E-state index < -0.39 is 29.9 Å². The number of hydrogen-bond donors (Lipinski definition) is 0. The SMILES string of the molecule is CCOC(=O)CC1C(=O)N(C2CCC(C)CC2)C(=O)N1C1CCC(CC2CCC(N3C(=O)N(C4CCC(C)CC4)C(=O)C3C(=O)OCC)CC2)CC1. The zero-order valence-electron chi connectivity index (χ0n) is 32.0. The van der Waals surface area contributed by atoms with Crippen molar-refractivity contribution in [3.05, 3.63) is 0 Å². The first kappa shape index (κ1) is 38.5. The van der Waals surface area contributed by atoms with Gasteiger partial charge in [0.15, 0.2) is 0 Å². The molecule has 2 saturated heterocycles. The first-order valence-electron chi connectivity index (χ1n) is 20.6. The number of urea groups is 2. The van der Waals surface area contributed by atoms with Crippen LogP contribution >= 0.6 is 0 Å². The number of carbonyl (C=O) groups excluding carboxylic acids is 6. The van der Waals surface area contributed by atoms with Crippen molar-refractivity contribution < 1.29 is 38.2 Å². The Balaban J connectivity index is 1.04. The Labute approximate surface area is 309 Å². The van der Waals surface area contributed by atoms with E-state index in [1.165, 1.54) is 9.80 Å². The van der Waals surface area contributed by atoms with Crippen molar-refractivity contribution >= 4 is 35.8 Å². The van der Waals surface area contributed by atoms with Gasteiger partial charge in [0.05, 0.1) is 19.6 Å². The van der Waals surface area contributed by atoms with Crippen LogP contribution in [0.4, 0.5) is 9.59 Å². The first-order chi connectivity index (χ1) is 25.0.